The van der Waals surface area contributed by atoms with Crippen LogP contribution in [-0.2, 0) is 14.1 Å². The summed E-state index contributed by atoms with van der Waals surface area (Å²) in [5.41, 5.74) is 2.96. The number of aromatic nitrogens is 1. The molecule has 0 amide bonds. The molecule has 1 aromatic heterocycles. The van der Waals surface area contributed by atoms with Gasteiger partial charge in [-0.1, -0.05) is 76.6 Å². The zero-order chi connectivity index (χ0) is 27.3. The molecule has 2 N–H and O–H groups in total. The van der Waals surface area contributed by atoms with Gasteiger partial charge in [0.05, 0.1) is 17.8 Å². The number of esters is 1. The lowest BCUT2D eigenvalue weighted by Crippen LogP contribution is -2.24. The zero-order valence-electron chi connectivity index (χ0n) is 21.2. The fraction of sp³-hybridized carbons (Fsp3) is 0.310. The van der Waals surface area contributed by atoms with Gasteiger partial charge in [-0.25, -0.2) is 4.39 Å². The Labute approximate surface area is 217 Å². The first-order chi connectivity index (χ1) is 17.6. The highest BCUT2D eigenvalue weighted by atomic mass is 31.1. The van der Waals surface area contributed by atoms with Crippen molar-refractivity contribution in [3.8, 4) is 34.9 Å². The predicted octanol–water partition coefficient (Wildman–Crippen LogP) is 6.46. The smallest absolute Gasteiger partial charge is 0.387 e. The summed E-state index contributed by atoms with van der Waals surface area (Å²) in [5, 5.41) is 11.1. The number of terminal acetylenes is 1. The van der Waals surface area contributed by atoms with Crippen LogP contribution in [0.4, 0.5) is 4.39 Å². The number of nitrogens with zero attached hydrogens (tertiary/aromatic N) is 1. The van der Waals surface area contributed by atoms with E-state index < -0.39 is 38.0 Å². The van der Waals surface area contributed by atoms with Crippen LogP contribution in [0.25, 0.3) is 22.4 Å². The highest BCUT2D eigenvalue weighted by molar-refractivity contribution is 7.38. The molecular weight excluding hydrogens is 492 g/mol. The average molecular weight is 523 g/mol. The van der Waals surface area contributed by atoms with Crippen LogP contribution in [0.1, 0.15) is 68.4 Å². The molecule has 0 aliphatic rings. The fourth-order valence-corrected chi connectivity index (χ4v) is 5.40. The average Bonchev–Trinajstić information content (AvgIpc) is 2.84. The number of hydrogen-bond acceptors (Lipinski definition) is 5. The molecule has 3 unspecified atom stereocenters. The minimum Gasteiger partial charge on any atom is -0.387 e. The van der Waals surface area contributed by atoms with Gasteiger partial charge in [-0.15, -0.1) is 0 Å². The molecule has 0 saturated carbocycles. The molecule has 3 rings (SSSR count). The van der Waals surface area contributed by atoms with E-state index in [9.17, 15) is 23.7 Å². The van der Waals surface area contributed by atoms with Gasteiger partial charge in [-0.3, -0.25) is 9.78 Å². The SMILES string of the molecule is C#COC(=O)CC(O)C(c1c(C(C)C)nc(-c2ccccc2)c(C(C)C)c1-c1ccc(F)cc1)[P+](=O)O. The van der Waals surface area contributed by atoms with E-state index in [1.165, 1.54) is 12.1 Å². The highest BCUT2D eigenvalue weighted by Gasteiger charge is 2.45. The van der Waals surface area contributed by atoms with Crippen LogP contribution in [0.3, 0.4) is 0 Å². The molecule has 2 aromatic carbocycles. The Hall–Kier alpha value is -3.43. The number of ether oxygens (including phenoxy) is 1. The van der Waals surface area contributed by atoms with Crippen molar-refractivity contribution in [1.29, 1.82) is 0 Å². The van der Waals surface area contributed by atoms with Crippen molar-refractivity contribution >= 4 is 14.0 Å². The maximum atomic E-state index is 13.9. The Morgan fingerprint density at radius 1 is 1.03 bits per heavy atom. The number of aliphatic hydroxyl groups excluding tert-OH is 1. The van der Waals surface area contributed by atoms with Crippen molar-refractivity contribution in [2.45, 2.75) is 57.7 Å². The van der Waals surface area contributed by atoms with Gasteiger partial charge in [-0.2, -0.15) is 4.89 Å². The first kappa shape index (κ1) is 28.1. The van der Waals surface area contributed by atoms with Crippen molar-refractivity contribution in [2.24, 2.45) is 0 Å². The lowest BCUT2D eigenvalue weighted by molar-refractivity contribution is -0.139. The van der Waals surface area contributed by atoms with Crippen LogP contribution in [0.2, 0.25) is 0 Å². The van der Waals surface area contributed by atoms with Gasteiger partial charge in [0.1, 0.15) is 18.0 Å². The van der Waals surface area contributed by atoms with Crippen LogP contribution < -0.4 is 0 Å². The van der Waals surface area contributed by atoms with Crippen molar-refractivity contribution in [2.75, 3.05) is 0 Å². The molecular formula is C29H30FNO5P+. The third-order valence-corrected chi connectivity index (χ3v) is 7.13. The van der Waals surface area contributed by atoms with Gasteiger partial charge in [0.15, 0.2) is 0 Å². The lowest BCUT2D eigenvalue weighted by atomic mass is 9.81. The standard InChI is InChI=1S/C29H29FNO5P/c1-6-36-23(33)16-22(32)29(37(34)35)26-25(19-12-14-21(30)15-13-19)24(17(2)3)28(31-27(26)18(4)5)20-10-8-7-9-11-20/h1,7-15,17-18,22,29,32H,16H2,2-5H3/p+1. The molecule has 3 aromatic rings. The van der Waals surface area contributed by atoms with E-state index in [1.54, 1.807) is 18.2 Å². The van der Waals surface area contributed by atoms with Crippen molar-refractivity contribution in [3.63, 3.8) is 0 Å². The summed E-state index contributed by atoms with van der Waals surface area (Å²) >= 11 is 0. The molecule has 0 fully saturated rings. The van der Waals surface area contributed by atoms with Crippen LogP contribution in [0.15, 0.2) is 54.6 Å². The van der Waals surface area contributed by atoms with Gasteiger partial charge < -0.3 is 9.84 Å². The van der Waals surface area contributed by atoms with Gasteiger partial charge in [-0.05, 0) is 45.2 Å². The highest BCUT2D eigenvalue weighted by Crippen LogP contribution is 2.51. The van der Waals surface area contributed by atoms with E-state index in [0.717, 1.165) is 11.1 Å². The normalized spacial score (nSPS) is 13.2. The summed E-state index contributed by atoms with van der Waals surface area (Å²) in [7, 11) is -3.04. The number of carbonyl (C=O) groups excluding carboxylic acids is 1. The van der Waals surface area contributed by atoms with Crippen LogP contribution in [0.5, 0.6) is 0 Å². The first-order valence-corrected chi connectivity index (χ1v) is 13.2. The van der Waals surface area contributed by atoms with Crippen LogP contribution >= 0.6 is 8.03 Å². The largest absolute Gasteiger partial charge is 0.516 e. The second-order valence-corrected chi connectivity index (χ2v) is 10.5. The predicted molar refractivity (Wildman–Crippen MR) is 141 cm³/mol. The summed E-state index contributed by atoms with van der Waals surface area (Å²) in [5.74, 6) is -1.66. The molecule has 0 radical (unpaired) electrons. The summed E-state index contributed by atoms with van der Waals surface area (Å²) in [6.07, 6.45) is 4.61. The molecule has 1 heterocycles. The molecule has 0 aliphatic heterocycles. The number of aliphatic hydroxyl groups is 1. The molecule has 3 atom stereocenters. The number of hydrogen-bond donors (Lipinski definition) is 2. The topological polar surface area (TPSA) is 96.7 Å². The van der Waals surface area contributed by atoms with E-state index >= 15 is 0 Å². The Balaban J connectivity index is 2.48. The number of halogens is 1. The minimum atomic E-state index is -3.04. The molecule has 0 saturated heterocycles. The third kappa shape index (κ3) is 6.29. The van der Waals surface area contributed by atoms with E-state index in [4.69, 9.17) is 11.4 Å². The number of benzene rings is 2. The maximum absolute atomic E-state index is 13.9. The van der Waals surface area contributed by atoms with E-state index in [1.807, 2.05) is 58.0 Å². The molecule has 37 heavy (non-hydrogen) atoms. The summed E-state index contributed by atoms with van der Waals surface area (Å²) < 4.78 is 31.3. The summed E-state index contributed by atoms with van der Waals surface area (Å²) in [4.78, 5) is 27.6. The van der Waals surface area contributed by atoms with Gasteiger partial charge in [0.2, 0.25) is 5.66 Å². The molecule has 192 valence electrons. The quantitative estimate of drug-likeness (QED) is 0.190. The lowest BCUT2D eigenvalue weighted by Gasteiger charge is -2.27. The molecule has 6 nitrogen and oxygen atoms in total. The Bertz CT molecular complexity index is 1320. The number of carbonyl (C=O) groups is 1. The molecule has 0 aliphatic carbocycles. The van der Waals surface area contributed by atoms with E-state index in [-0.39, 0.29) is 11.8 Å². The van der Waals surface area contributed by atoms with E-state index in [0.29, 0.717) is 28.1 Å². The Morgan fingerprint density at radius 3 is 2.16 bits per heavy atom. The van der Waals surface area contributed by atoms with Gasteiger partial charge in [0, 0.05) is 11.1 Å². The Kier molecular flexibility index (Phi) is 9.29. The minimum absolute atomic E-state index is 0.108. The fourth-order valence-electron chi connectivity index (χ4n) is 4.52. The van der Waals surface area contributed by atoms with Gasteiger partial charge in [0.25, 0.3) is 0 Å². The van der Waals surface area contributed by atoms with Crippen molar-refractivity contribution in [3.05, 3.63) is 77.2 Å². The Morgan fingerprint density at radius 2 is 1.65 bits per heavy atom. The van der Waals surface area contributed by atoms with Crippen LogP contribution in [0, 0.1) is 18.3 Å². The summed E-state index contributed by atoms with van der Waals surface area (Å²) in [6.45, 7) is 7.74. The molecule has 0 bridgehead atoms. The zero-order valence-corrected chi connectivity index (χ0v) is 22.1. The van der Waals surface area contributed by atoms with Crippen molar-refractivity contribution in [1.82, 2.24) is 4.98 Å². The summed E-state index contributed by atoms with van der Waals surface area (Å²) in [6, 6.07) is 15.4. The monoisotopic (exact) mass is 522 g/mol. The number of rotatable bonds is 9. The second kappa shape index (κ2) is 12.2. The first-order valence-electron chi connectivity index (χ1n) is 11.9. The van der Waals surface area contributed by atoms with Crippen molar-refractivity contribution < 1.29 is 28.5 Å². The number of pyridine rings is 1. The third-order valence-electron chi connectivity index (χ3n) is 6.05. The van der Waals surface area contributed by atoms with Crippen LogP contribution in [-0.4, -0.2) is 27.1 Å². The molecule has 8 heteroatoms. The van der Waals surface area contributed by atoms with Gasteiger partial charge >= 0.3 is 14.0 Å². The molecule has 0 spiro atoms. The second-order valence-electron chi connectivity index (χ2n) is 9.34. The maximum Gasteiger partial charge on any atom is 0.516 e. The van der Waals surface area contributed by atoms with E-state index in [2.05, 4.69) is 4.74 Å².